The lowest BCUT2D eigenvalue weighted by Crippen LogP contribution is -2.38. The molecule has 1 N–H and O–H groups in total. The van der Waals surface area contributed by atoms with E-state index in [2.05, 4.69) is 5.32 Å². The molecule has 4 rings (SSSR count). The number of hydrogen-bond donors (Lipinski definition) is 1. The third-order valence-corrected chi connectivity index (χ3v) is 5.95. The molecule has 2 aromatic carbocycles. The fourth-order valence-corrected chi connectivity index (χ4v) is 4.20. The Labute approximate surface area is 211 Å². The molecule has 2 heterocycles. The van der Waals surface area contributed by atoms with Gasteiger partial charge in [0.1, 0.15) is 18.3 Å². The molecule has 2 aliphatic heterocycles. The highest BCUT2D eigenvalue weighted by Gasteiger charge is 2.33. The van der Waals surface area contributed by atoms with Crippen molar-refractivity contribution in [2.45, 2.75) is 52.0 Å². The van der Waals surface area contributed by atoms with Gasteiger partial charge in [-0.2, -0.15) is 0 Å². The summed E-state index contributed by atoms with van der Waals surface area (Å²) in [6, 6.07) is 15.6. The molecule has 1 saturated heterocycles. The van der Waals surface area contributed by atoms with Crippen molar-refractivity contribution in [1.82, 2.24) is 10.2 Å². The summed E-state index contributed by atoms with van der Waals surface area (Å²) >= 11 is 0. The Hall–Kier alpha value is -3.59. The van der Waals surface area contributed by atoms with Crippen molar-refractivity contribution >= 4 is 23.8 Å². The summed E-state index contributed by atoms with van der Waals surface area (Å²) in [5, 5.41) is 2.65. The number of cyclic esters (lactones) is 1. The second kappa shape index (κ2) is 11.0. The Balaban J connectivity index is 1.31. The number of amides is 3. The molecule has 0 spiro atoms. The normalized spacial score (nSPS) is 17.4. The number of rotatable bonds is 7. The van der Waals surface area contributed by atoms with Crippen molar-refractivity contribution in [2.75, 3.05) is 31.1 Å². The lowest BCUT2D eigenvalue weighted by Gasteiger charge is -2.29. The van der Waals surface area contributed by atoms with Gasteiger partial charge in [-0.1, -0.05) is 36.4 Å². The van der Waals surface area contributed by atoms with Crippen LogP contribution in [0.3, 0.4) is 0 Å². The van der Waals surface area contributed by atoms with Crippen LogP contribution in [0, 0.1) is 0 Å². The van der Waals surface area contributed by atoms with Gasteiger partial charge in [-0.3, -0.25) is 9.69 Å². The summed E-state index contributed by atoms with van der Waals surface area (Å²) < 4.78 is 16.3. The van der Waals surface area contributed by atoms with Crippen molar-refractivity contribution in [3.63, 3.8) is 0 Å². The number of ether oxygens (including phenoxy) is 3. The SMILES string of the molecule is CC(C)(C)OC(=O)NC[C@H]1CN(c2ccc3c(c2)CN(C(=O)COCc2ccccc2)CC3)C(=O)O1. The third kappa shape index (κ3) is 6.75. The van der Waals surface area contributed by atoms with Gasteiger partial charge in [-0.15, -0.1) is 0 Å². The number of nitrogens with zero attached hydrogens (tertiary/aromatic N) is 2. The van der Waals surface area contributed by atoms with Crippen LogP contribution in [-0.4, -0.2) is 60.9 Å². The van der Waals surface area contributed by atoms with Crippen LogP contribution in [0.2, 0.25) is 0 Å². The Bertz CT molecular complexity index is 1100. The van der Waals surface area contributed by atoms with Crippen LogP contribution in [-0.2, 0) is 38.6 Å². The van der Waals surface area contributed by atoms with E-state index in [-0.39, 0.29) is 19.1 Å². The zero-order valence-corrected chi connectivity index (χ0v) is 21.0. The van der Waals surface area contributed by atoms with E-state index >= 15 is 0 Å². The smallest absolute Gasteiger partial charge is 0.414 e. The predicted octanol–water partition coefficient (Wildman–Crippen LogP) is 3.64. The number of hydrogen-bond acceptors (Lipinski definition) is 6. The molecule has 36 heavy (non-hydrogen) atoms. The van der Waals surface area contributed by atoms with Gasteiger partial charge in [0, 0.05) is 18.8 Å². The maximum atomic E-state index is 12.7. The highest BCUT2D eigenvalue weighted by Crippen LogP contribution is 2.28. The van der Waals surface area contributed by atoms with Gasteiger partial charge in [-0.25, -0.2) is 9.59 Å². The van der Waals surface area contributed by atoms with Crippen LogP contribution in [0.4, 0.5) is 15.3 Å². The third-order valence-electron chi connectivity index (χ3n) is 5.95. The Morgan fingerprint density at radius 2 is 1.89 bits per heavy atom. The van der Waals surface area contributed by atoms with Crippen LogP contribution >= 0.6 is 0 Å². The van der Waals surface area contributed by atoms with Gasteiger partial charge >= 0.3 is 12.2 Å². The van der Waals surface area contributed by atoms with Crippen LogP contribution in [0.5, 0.6) is 0 Å². The monoisotopic (exact) mass is 495 g/mol. The summed E-state index contributed by atoms with van der Waals surface area (Å²) in [5.41, 5.74) is 3.28. The highest BCUT2D eigenvalue weighted by molar-refractivity contribution is 5.90. The minimum absolute atomic E-state index is 0.0225. The number of nitrogens with one attached hydrogen (secondary N) is 1. The van der Waals surface area contributed by atoms with E-state index in [9.17, 15) is 14.4 Å². The number of alkyl carbamates (subject to hydrolysis) is 1. The van der Waals surface area contributed by atoms with Crippen molar-refractivity contribution < 1.29 is 28.6 Å². The molecule has 0 bridgehead atoms. The Kier molecular flexibility index (Phi) is 7.79. The lowest BCUT2D eigenvalue weighted by atomic mass is 9.98. The molecule has 0 saturated carbocycles. The molecule has 3 amide bonds. The first kappa shape index (κ1) is 25.5. The summed E-state index contributed by atoms with van der Waals surface area (Å²) in [6.07, 6.45) is -0.763. The number of fused-ring (bicyclic) bond motifs is 1. The molecule has 0 unspecified atom stereocenters. The standard InChI is InChI=1S/C27H33N3O6/c1-27(2,3)36-25(32)28-14-23-16-30(26(33)35-23)22-10-9-20-11-12-29(15-21(20)13-22)24(31)18-34-17-19-7-5-4-6-8-19/h4-10,13,23H,11-12,14-18H2,1-3H3,(H,28,32)/t23-/m0/s1. The molecule has 0 radical (unpaired) electrons. The summed E-state index contributed by atoms with van der Waals surface area (Å²) in [5.74, 6) is -0.0594. The van der Waals surface area contributed by atoms with Crippen molar-refractivity contribution in [2.24, 2.45) is 0 Å². The Morgan fingerprint density at radius 1 is 1.11 bits per heavy atom. The van der Waals surface area contributed by atoms with Crippen LogP contribution in [0.1, 0.15) is 37.5 Å². The summed E-state index contributed by atoms with van der Waals surface area (Å²) in [7, 11) is 0. The topological polar surface area (TPSA) is 97.4 Å². The molecule has 1 fully saturated rings. The molecular weight excluding hydrogens is 462 g/mol. The van der Waals surface area contributed by atoms with Crippen LogP contribution in [0.25, 0.3) is 0 Å². The molecule has 9 nitrogen and oxygen atoms in total. The van der Waals surface area contributed by atoms with Crippen molar-refractivity contribution in [3.8, 4) is 0 Å². The van der Waals surface area contributed by atoms with Crippen molar-refractivity contribution in [3.05, 3.63) is 65.2 Å². The maximum Gasteiger partial charge on any atom is 0.414 e. The average Bonchev–Trinajstić information content (AvgIpc) is 3.22. The first-order valence-electron chi connectivity index (χ1n) is 12.1. The molecule has 0 aliphatic carbocycles. The zero-order chi connectivity index (χ0) is 25.7. The molecule has 1 atom stereocenters. The van der Waals surface area contributed by atoms with Gasteiger partial charge in [0.25, 0.3) is 0 Å². The lowest BCUT2D eigenvalue weighted by molar-refractivity contribution is -0.137. The minimum atomic E-state index is -0.602. The Morgan fingerprint density at radius 3 is 2.64 bits per heavy atom. The minimum Gasteiger partial charge on any atom is -0.444 e. The maximum absolute atomic E-state index is 12.7. The zero-order valence-electron chi connectivity index (χ0n) is 21.0. The van der Waals surface area contributed by atoms with E-state index in [0.29, 0.717) is 31.9 Å². The fraction of sp³-hybridized carbons (Fsp3) is 0.444. The van der Waals surface area contributed by atoms with Crippen LogP contribution < -0.4 is 10.2 Å². The quantitative estimate of drug-likeness (QED) is 0.630. The molecule has 9 heteroatoms. The first-order chi connectivity index (χ1) is 17.2. The fourth-order valence-electron chi connectivity index (χ4n) is 4.20. The number of carbonyl (C=O) groups excluding carboxylic acids is 3. The molecule has 2 aliphatic rings. The van der Waals surface area contributed by atoms with E-state index in [4.69, 9.17) is 14.2 Å². The average molecular weight is 496 g/mol. The number of carbonyl (C=O) groups is 3. The first-order valence-corrected chi connectivity index (χ1v) is 12.1. The van der Waals surface area contributed by atoms with Crippen LogP contribution in [0.15, 0.2) is 48.5 Å². The van der Waals surface area contributed by atoms with E-state index in [0.717, 1.165) is 23.1 Å². The van der Waals surface area contributed by atoms with Crippen molar-refractivity contribution in [1.29, 1.82) is 0 Å². The summed E-state index contributed by atoms with van der Waals surface area (Å²) in [6.45, 7) is 7.33. The second-order valence-corrected chi connectivity index (χ2v) is 10.00. The summed E-state index contributed by atoms with van der Waals surface area (Å²) in [4.78, 5) is 40.5. The van der Waals surface area contributed by atoms with Gasteiger partial charge < -0.3 is 24.4 Å². The van der Waals surface area contributed by atoms with E-state index < -0.39 is 23.9 Å². The van der Waals surface area contributed by atoms with Gasteiger partial charge in [-0.05, 0) is 56.0 Å². The highest BCUT2D eigenvalue weighted by atomic mass is 16.6. The number of anilines is 1. The number of benzene rings is 2. The van der Waals surface area contributed by atoms with Gasteiger partial charge in [0.2, 0.25) is 5.91 Å². The van der Waals surface area contributed by atoms with Gasteiger partial charge in [0.15, 0.2) is 0 Å². The van der Waals surface area contributed by atoms with E-state index in [1.54, 1.807) is 30.6 Å². The molecule has 2 aromatic rings. The van der Waals surface area contributed by atoms with E-state index in [1.807, 2.05) is 48.5 Å². The largest absolute Gasteiger partial charge is 0.444 e. The predicted molar refractivity (Wildman–Crippen MR) is 134 cm³/mol. The van der Waals surface area contributed by atoms with Gasteiger partial charge in [0.05, 0.1) is 19.7 Å². The van der Waals surface area contributed by atoms with E-state index in [1.165, 1.54) is 0 Å². The molecule has 192 valence electrons. The molecule has 0 aromatic heterocycles. The second-order valence-electron chi connectivity index (χ2n) is 10.00. The molecular formula is C27H33N3O6.